The molecule has 5 rings (SSSR count). The standard InChI is InChI=1S/C44H51N3O9S/c1-4-6-13-31(3)47(44-46-38-14-9-10-15-40(38)57-44)45-29-34-28-37(54-30-48)24-25-39(34)56-43(51)33-18-16-32(17-19-33)42(50)55-36-22-20-35(21-23-36)52-26-11-7-8-12-27-53-41(49)5-2/h5,9-10,14-15,20-25,28-33H,2,4,6-8,11-13,16-19,26-27H2,1,3H3/b45-29+. The van der Waals surface area contributed by atoms with Crippen molar-refractivity contribution in [1.29, 1.82) is 0 Å². The van der Waals surface area contributed by atoms with E-state index in [0.717, 1.165) is 66.4 Å². The number of rotatable bonds is 22. The Hall–Kier alpha value is -5.56. The summed E-state index contributed by atoms with van der Waals surface area (Å²) in [6, 6.07) is 19.7. The van der Waals surface area contributed by atoms with Gasteiger partial charge in [-0.2, -0.15) is 5.10 Å². The smallest absolute Gasteiger partial charge is 0.330 e. The minimum absolute atomic E-state index is 0.0403. The summed E-state index contributed by atoms with van der Waals surface area (Å²) in [7, 11) is 0. The fraction of sp³-hybridized carbons (Fsp3) is 0.409. The van der Waals surface area contributed by atoms with E-state index in [2.05, 4.69) is 20.4 Å². The number of carbonyl (C=O) groups excluding carboxylic acids is 4. The normalized spacial score (nSPS) is 15.8. The number of aromatic nitrogens is 1. The summed E-state index contributed by atoms with van der Waals surface area (Å²) < 4.78 is 28.6. The highest BCUT2D eigenvalue weighted by Crippen LogP contribution is 2.34. The Labute approximate surface area is 337 Å². The number of thiazole rings is 1. The highest BCUT2D eigenvalue weighted by atomic mass is 32.1. The number of para-hydroxylation sites is 1. The highest BCUT2D eigenvalue weighted by Gasteiger charge is 2.32. The number of hydrogen-bond donors (Lipinski definition) is 0. The Bertz CT molecular complexity index is 1940. The molecule has 1 heterocycles. The van der Waals surface area contributed by atoms with Crippen LogP contribution in [-0.4, -0.2) is 54.8 Å². The second kappa shape index (κ2) is 22.2. The van der Waals surface area contributed by atoms with Gasteiger partial charge in [0.05, 0.1) is 47.5 Å². The molecular weight excluding hydrogens is 747 g/mol. The largest absolute Gasteiger partial charge is 0.494 e. The number of ether oxygens (including phenoxy) is 5. The van der Waals surface area contributed by atoms with Crippen LogP contribution in [0.1, 0.15) is 90.0 Å². The van der Waals surface area contributed by atoms with E-state index in [4.69, 9.17) is 33.8 Å². The van der Waals surface area contributed by atoms with Gasteiger partial charge in [-0.3, -0.25) is 14.4 Å². The number of esters is 3. The number of unbranched alkanes of at least 4 members (excludes halogenated alkanes) is 4. The second-order valence-corrected chi connectivity index (χ2v) is 15.0. The molecule has 1 aliphatic carbocycles. The average molecular weight is 798 g/mol. The van der Waals surface area contributed by atoms with Crippen LogP contribution in [0.3, 0.4) is 0 Å². The van der Waals surface area contributed by atoms with Crippen LogP contribution in [0.15, 0.2) is 84.5 Å². The summed E-state index contributed by atoms with van der Waals surface area (Å²) >= 11 is 1.55. The van der Waals surface area contributed by atoms with Crippen molar-refractivity contribution < 1.29 is 42.9 Å². The molecule has 0 radical (unpaired) electrons. The van der Waals surface area contributed by atoms with Crippen molar-refractivity contribution >= 4 is 57.3 Å². The SMILES string of the molecule is C=CC(=O)OCCCCCCOc1ccc(OC(=O)C2CCC(C(=O)Oc3ccc(OC=O)cc3/C=N/N(c3nc4ccccc4s3)C(C)CCCC)CC2)cc1. The zero-order valence-electron chi connectivity index (χ0n) is 32.6. The van der Waals surface area contributed by atoms with E-state index < -0.39 is 17.9 Å². The molecule has 57 heavy (non-hydrogen) atoms. The summed E-state index contributed by atoms with van der Waals surface area (Å²) in [5, 5.41) is 7.48. The molecule has 3 aromatic carbocycles. The maximum absolute atomic E-state index is 13.5. The summed E-state index contributed by atoms with van der Waals surface area (Å²) in [6.07, 6.45) is 11.2. The first-order valence-electron chi connectivity index (χ1n) is 19.7. The molecule has 12 nitrogen and oxygen atoms in total. The first-order chi connectivity index (χ1) is 27.8. The summed E-state index contributed by atoms with van der Waals surface area (Å²) in [4.78, 5) is 53.6. The van der Waals surface area contributed by atoms with Gasteiger partial charge in [-0.1, -0.05) is 49.8 Å². The first-order valence-corrected chi connectivity index (χ1v) is 20.5. The lowest BCUT2D eigenvalue weighted by molar-refractivity contribution is -0.145. The molecular formula is C44H51N3O9S. The highest BCUT2D eigenvalue weighted by molar-refractivity contribution is 7.22. The van der Waals surface area contributed by atoms with E-state index in [1.165, 1.54) is 0 Å². The molecule has 0 bridgehead atoms. The quantitative estimate of drug-likeness (QED) is 0.0143. The van der Waals surface area contributed by atoms with Crippen molar-refractivity contribution in [2.45, 2.75) is 90.5 Å². The molecule has 1 fully saturated rings. The van der Waals surface area contributed by atoms with E-state index in [9.17, 15) is 19.2 Å². The van der Waals surface area contributed by atoms with Gasteiger partial charge in [0.25, 0.3) is 6.47 Å². The van der Waals surface area contributed by atoms with Crippen molar-refractivity contribution in [3.63, 3.8) is 0 Å². The molecule has 1 atom stereocenters. The fourth-order valence-corrected chi connectivity index (χ4v) is 7.47. The van der Waals surface area contributed by atoms with Gasteiger partial charge in [0, 0.05) is 11.6 Å². The molecule has 302 valence electrons. The van der Waals surface area contributed by atoms with Crippen molar-refractivity contribution in [1.82, 2.24) is 4.98 Å². The molecule has 1 saturated carbocycles. The lowest BCUT2D eigenvalue weighted by atomic mass is 9.82. The molecule has 0 aliphatic heterocycles. The van der Waals surface area contributed by atoms with Gasteiger partial charge in [0.2, 0.25) is 5.13 Å². The Morgan fingerprint density at radius 2 is 1.54 bits per heavy atom. The number of fused-ring (bicyclic) bond motifs is 1. The lowest BCUT2D eigenvalue weighted by Gasteiger charge is -2.26. The van der Waals surface area contributed by atoms with Crippen LogP contribution in [0, 0.1) is 11.8 Å². The predicted molar refractivity (Wildman–Crippen MR) is 220 cm³/mol. The molecule has 0 saturated heterocycles. The minimum atomic E-state index is -0.403. The molecule has 13 heteroatoms. The molecule has 0 N–H and O–H groups in total. The Morgan fingerprint density at radius 3 is 2.23 bits per heavy atom. The van der Waals surface area contributed by atoms with Gasteiger partial charge in [0.1, 0.15) is 23.0 Å². The third kappa shape index (κ3) is 13.0. The number of hydrazone groups is 1. The van der Waals surface area contributed by atoms with Crippen molar-refractivity contribution in [2.24, 2.45) is 16.9 Å². The van der Waals surface area contributed by atoms with Gasteiger partial charge in [-0.05, 0) is 119 Å². The second-order valence-electron chi connectivity index (χ2n) is 14.0. The average Bonchev–Trinajstić information content (AvgIpc) is 3.66. The van der Waals surface area contributed by atoms with Crippen LogP contribution < -0.4 is 24.0 Å². The predicted octanol–water partition coefficient (Wildman–Crippen LogP) is 9.24. The van der Waals surface area contributed by atoms with E-state index in [-0.39, 0.29) is 29.4 Å². The molecule has 1 aliphatic rings. The van der Waals surface area contributed by atoms with Crippen LogP contribution in [0.25, 0.3) is 10.2 Å². The lowest BCUT2D eigenvalue weighted by Crippen LogP contribution is -2.30. The Morgan fingerprint density at radius 1 is 0.877 bits per heavy atom. The topological polar surface area (TPSA) is 143 Å². The van der Waals surface area contributed by atoms with Crippen LogP contribution >= 0.6 is 11.3 Å². The van der Waals surface area contributed by atoms with Crippen molar-refractivity contribution in [3.05, 3.63) is 84.9 Å². The number of benzene rings is 3. The van der Waals surface area contributed by atoms with Crippen molar-refractivity contribution in [2.75, 3.05) is 18.2 Å². The van der Waals surface area contributed by atoms with Crippen LogP contribution in [-0.2, 0) is 23.9 Å². The van der Waals surface area contributed by atoms with Gasteiger partial charge < -0.3 is 23.7 Å². The van der Waals surface area contributed by atoms with Gasteiger partial charge in [-0.25, -0.2) is 14.8 Å². The molecule has 0 spiro atoms. The van der Waals surface area contributed by atoms with E-state index >= 15 is 0 Å². The third-order valence-electron chi connectivity index (χ3n) is 9.72. The van der Waals surface area contributed by atoms with Gasteiger partial charge in [0.15, 0.2) is 0 Å². The van der Waals surface area contributed by atoms with Crippen LogP contribution in [0.2, 0.25) is 0 Å². The zero-order valence-corrected chi connectivity index (χ0v) is 33.5. The summed E-state index contributed by atoms with van der Waals surface area (Å²) in [5.41, 5.74) is 1.35. The molecule has 1 aromatic heterocycles. The number of anilines is 1. The maximum atomic E-state index is 13.5. The fourth-order valence-electron chi connectivity index (χ4n) is 6.44. The maximum Gasteiger partial charge on any atom is 0.330 e. The minimum Gasteiger partial charge on any atom is -0.494 e. The van der Waals surface area contributed by atoms with E-state index in [1.54, 1.807) is 60.0 Å². The summed E-state index contributed by atoms with van der Waals surface area (Å²) in [6.45, 7) is 8.91. The Balaban J connectivity index is 1.12. The Kier molecular flexibility index (Phi) is 16.6. The first kappa shape index (κ1) is 42.6. The molecule has 1 unspecified atom stereocenters. The molecule has 0 amide bonds. The van der Waals surface area contributed by atoms with Crippen LogP contribution in [0.4, 0.5) is 5.13 Å². The van der Waals surface area contributed by atoms with E-state index in [0.29, 0.717) is 62.4 Å². The van der Waals surface area contributed by atoms with Gasteiger partial charge in [-0.15, -0.1) is 0 Å². The number of carbonyl (C=O) groups is 4. The zero-order chi connectivity index (χ0) is 40.4. The number of hydrogen-bond acceptors (Lipinski definition) is 13. The van der Waals surface area contributed by atoms with E-state index in [1.807, 2.05) is 29.3 Å². The van der Waals surface area contributed by atoms with Crippen molar-refractivity contribution in [3.8, 4) is 23.0 Å². The monoisotopic (exact) mass is 797 g/mol. The number of nitrogens with zero attached hydrogens (tertiary/aromatic N) is 3. The molecule has 4 aromatic rings. The summed E-state index contributed by atoms with van der Waals surface area (Å²) in [5.74, 6) is -0.187. The van der Waals surface area contributed by atoms with Gasteiger partial charge >= 0.3 is 17.9 Å². The third-order valence-corrected chi connectivity index (χ3v) is 10.7. The van der Waals surface area contributed by atoms with Crippen LogP contribution in [0.5, 0.6) is 23.0 Å².